The van der Waals surface area contributed by atoms with Gasteiger partial charge in [-0.15, -0.1) is 0 Å². The number of amides is 1. The number of halogens is 1. The lowest BCUT2D eigenvalue weighted by Crippen LogP contribution is -2.14. The van der Waals surface area contributed by atoms with Crippen LogP contribution >= 0.6 is 15.9 Å². The maximum absolute atomic E-state index is 12.1. The zero-order chi connectivity index (χ0) is 13.7. The van der Waals surface area contributed by atoms with Gasteiger partial charge in [-0.25, -0.2) is 4.98 Å². The van der Waals surface area contributed by atoms with Crippen LogP contribution in [0.15, 0.2) is 46.9 Å². The van der Waals surface area contributed by atoms with Crippen molar-refractivity contribution in [3.8, 4) is 0 Å². The van der Waals surface area contributed by atoms with Crippen LogP contribution in [0.25, 0.3) is 0 Å². The van der Waals surface area contributed by atoms with Crippen LogP contribution in [0.3, 0.4) is 0 Å². The van der Waals surface area contributed by atoms with E-state index < -0.39 is 0 Å². The number of rotatable bonds is 4. The first-order chi connectivity index (χ1) is 9.19. The van der Waals surface area contributed by atoms with Gasteiger partial charge in [-0.2, -0.15) is 0 Å². The minimum Gasteiger partial charge on any atom is -0.370 e. The molecular formula is C14H14BrN3O. The molecule has 0 unspecified atom stereocenters. The summed E-state index contributed by atoms with van der Waals surface area (Å²) in [5.74, 6) is 0.474. The summed E-state index contributed by atoms with van der Waals surface area (Å²) in [6.07, 6.45) is 0. The third-order valence-electron chi connectivity index (χ3n) is 2.42. The van der Waals surface area contributed by atoms with Crippen molar-refractivity contribution < 1.29 is 4.79 Å². The molecule has 19 heavy (non-hydrogen) atoms. The standard InChI is InChI=1S/C14H14BrN3O/c1-2-16-13-8-4-7-12(18-13)14(19)17-11-6-3-5-10(15)9-11/h3-9H,2H2,1H3,(H,16,18)(H,17,19). The lowest BCUT2D eigenvalue weighted by Gasteiger charge is -2.07. The van der Waals surface area contributed by atoms with Crippen molar-refractivity contribution in [3.63, 3.8) is 0 Å². The van der Waals surface area contributed by atoms with E-state index in [0.29, 0.717) is 11.5 Å². The Morgan fingerprint density at radius 3 is 2.79 bits per heavy atom. The summed E-state index contributed by atoms with van der Waals surface area (Å²) in [6, 6.07) is 12.8. The van der Waals surface area contributed by atoms with Crippen molar-refractivity contribution in [1.82, 2.24) is 4.98 Å². The highest BCUT2D eigenvalue weighted by Gasteiger charge is 2.08. The Morgan fingerprint density at radius 2 is 2.05 bits per heavy atom. The molecular weight excluding hydrogens is 306 g/mol. The number of nitrogens with one attached hydrogen (secondary N) is 2. The topological polar surface area (TPSA) is 54.0 Å². The fourth-order valence-corrected chi connectivity index (χ4v) is 2.00. The molecule has 1 aromatic heterocycles. The molecule has 2 rings (SSSR count). The molecule has 0 aliphatic heterocycles. The molecule has 0 spiro atoms. The van der Waals surface area contributed by atoms with Crippen LogP contribution in [0.4, 0.5) is 11.5 Å². The summed E-state index contributed by atoms with van der Waals surface area (Å²) in [6.45, 7) is 2.75. The van der Waals surface area contributed by atoms with E-state index >= 15 is 0 Å². The van der Waals surface area contributed by atoms with Crippen LogP contribution in [0, 0.1) is 0 Å². The van der Waals surface area contributed by atoms with E-state index in [4.69, 9.17) is 0 Å². The average Bonchev–Trinajstić information content (AvgIpc) is 2.39. The number of benzene rings is 1. The second-order valence-electron chi connectivity index (χ2n) is 3.90. The highest BCUT2D eigenvalue weighted by atomic mass is 79.9. The van der Waals surface area contributed by atoms with Crippen LogP contribution < -0.4 is 10.6 Å². The van der Waals surface area contributed by atoms with Crippen LogP contribution in [0.5, 0.6) is 0 Å². The molecule has 0 fully saturated rings. The molecule has 5 heteroatoms. The van der Waals surface area contributed by atoms with E-state index in [0.717, 1.165) is 16.7 Å². The maximum Gasteiger partial charge on any atom is 0.274 e. The normalized spacial score (nSPS) is 10.0. The Hall–Kier alpha value is -1.88. The van der Waals surface area contributed by atoms with Gasteiger partial charge in [0.1, 0.15) is 11.5 Å². The van der Waals surface area contributed by atoms with Gasteiger partial charge in [0.15, 0.2) is 0 Å². The van der Waals surface area contributed by atoms with Gasteiger partial charge in [0.05, 0.1) is 0 Å². The summed E-state index contributed by atoms with van der Waals surface area (Å²) < 4.78 is 0.916. The molecule has 0 saturated heterocycles. The number of hydrogen-bond donors (Lipinski definition) is 2. The smallest absolute Gasteiger partial charge is 0.274 e. The molecule has 1 amide bonds. The summed E-state index contributed by atoms with van der Waals surface area (Å²) >= 11 is 3.36. The van der Waals surface area contributed by atoms with Gasteiger partial charge in [-0.1, -0.05) is 28.1 Å². The van der Waals surface area contributed by atoms with Gasteiger partial charge in [0, 0.05) is 16.7 Å². The molecule has 0 aliphatic rings. The minimum atomic E-state index is -0.224. The Balaban J connectivity index is 2.13. The predicted molar refractivity (Wildman–Crippen MR) is 80.5 cm³/mol. The van der Waals surface area contributed by atoms with E-state index in [1.54, 1.807) is 12.1 Å². The highest BCUT2D eigenvalue weighted by Crippen LogP contribution is 2.16. The van der Waals surface area contributed by atoms with Crippen LogP contribution in [0.2, 0.25) is 0 Å². The first-order valence-electron chi connectivity index (χ1n) is 5.97. The predicted octanol–water partition coefficient (Wildman–Crippen LogP) is 3.53. The second kappa shape index (κ2) is 6.33. The van der Waals surface area contributed by atoms with Gasteiger partial charge in [0.2, 0.25) is 0 Å². The fraction of sp³-hybridized carbons (Fsp3) is 0.143. The van der Waals surface area contributed by atoms with Crippen molar-refractivity contribution in [2.24, 2.45) is 0 Å². The van der Waals surface area contributed by atoms with Crippen molar-refractivity contribution in [3.05, 3.63) is 52.6 Å². The first-order valence-corrected chi connectivity index (χ1v) is 6.76. The first kappa shape index (κ1) is 13.5. The SMILES string of the molecule is CCNc1cccc(C(=O)Nc2cccc(Br)c2)n1. The van der Waals surface area contributed by atoms with Crippen LogP contribution in [-0.2, 0) is 0 Å². The third-order valence-corrected chi connectivity index (χ3v) is 2.92. The number of nitrogens with zero attached hydrogens (tertiary/aromatic N) is 1. The number of carbonyl (C=O) groups excluding carboxylic acids is 1. The summed E-state index contributed by atoms with van der Waals surface area (Å²) in [5.41, 5.74) is 1.12. The number of pyridine rings is 1. The number of hydrogen-bond acceptors (Lipinski definition) is 3. The van der Waals surface area contributed by atoms with Crippen molar-refractivity contribution in [2.75, 3.05) is 17.2 Å². The number of anilines is 2. The van der Waals surface area contributed by atoms with Gasteiger partial charge >= 0.3 is 0 Å². The summed E-state index contributed by atoms with van der Waals surface area (Å²) in [5, 5.41) is 5.89. The monoisotopic (exact) mass is 319 g/mol. The zero-order valence-corrected chi connectivity index (χ0v) is 12.1. The average molecular weight is 320 g/mol. The van der Waals surface area contributed by atoms with Gasteiger partial charge < -0.3 is 10.6 Å². The second-order valence-corrected chi connectivity index (χ2v) is 4.82. The van der Waals surface area contributed by atoms with E-state index in [1.165, 1.54) is 0 Å². The fourth-order valence-electron chi connectivity index (χ4n) is 1.60. The Labute approximate surface area is 120 Å². The van der Waals surface area contributed by atoms with Crippen LogP contribution in [0.1, 0.15) is 17.4 Å². The van der Waals surface area contributed by atoms with Crippen molar-refractivity contribution in [2.45, 2.75) is 6.92 Å². The highest BCUT2D eigenvalue weighted by molar-refractivity contribution is 9.10. The van der Waals surface area contributed by atoms with E-state index in [-0.39, 0.29) is 5.91 Å². The van der Waals surface area contributed by atoms with Gasteiger partial charge in [0.25, 0.3) is 5.91 Å². The molecule has 1 heterocycles. The number of carbonyl (C=O) groups is 1. The summed E-state index contributed by atoms with van der Waals surface area (Å²) in [7, 11) is 0. The lowest BCUT2D eigenvalue weighted by atomic mass is 10.3. The number of aromatic nitrogens is 1. The van der Waals surface area contributed by atoms with Crippen LogP contribution in [-0.4, -0.2) is 17.4 Å². The Morgan fingerprint density at radius 1 is 1.26 bits per heavy atom. The molecule has 1 aromatic carbocycles. The molecule has 4 nitrogen and oxygen atoms in total. The van der Waals surface area contributed by atoms with E-state index in [1.807, 2.05) is 37.3 Å². The molecule has 98 valence electrons. The van der Waals surface area contributed by atoms with Gasteiger partial charge in [-0.3, -0.25) is 4.79 Å². The largest absolute Gasteiger partial charge is 0.370 e. The lowest BCUT2D eigenvalue weighted by molar-refractivity contribution is 0.102. The molecule has 0 bridgehead atoms. The molecule has 0 radical (unpaired) electrons. The molecule has 0 saturated carbocycles. The minimum absolute atomic E-state index is 0.224. The zero-order valence-electron chi connectivity index (χ0n) is 10.5. The van der Waals surface area contributed by atoms with Gasteiger partial charge in [-0.05, 0) is 37.3 Å². The van der Waals surface area contributed by atoms with E-state index in [9.17, 15) is 4.79 Å². The quantitative estimate of drug-likeness (QED) is 0.906. The maximum atomic E-state index is 12.1. The molecule has 2 N–H and O–H groups in total. The third kappa shape index (κ3) is 3.79. The Kier molecular flexibility index (Phi) is 4.52. The summed E-state index contributed by atoms with van der Waals surface area (Å²) in [4.78, 5) is 16.3. The van der Waals surface area contributed by atoms with E-state index in [2.05, 4.69) is 31.5 Å². The van der Waals surface area contributed by atoms with Crippen molar-refractivity contribution >= 4 is 33.3 Å². The molecule has 2 aromatic rings. The Bertz CT molecular complexity index is 586. The van der Waals surface area contributed by atoms with Crippen molar-refractivity contribution in [1.29, 1.82) is 0 Å². The molecule has 0 aliphatic carbocycles. The molecule has 0 atom stereocenters.